The molecule has 0 radical (unpaired) electrons. The highest BCUT2D eigenvalue weighted by molar-refractivity contribution is 5.93. The second-order valence-electron chi connectivity index (χ2n) is 12.2. The summed E-state index contributed by atoms with van der Waals surface area (Å²) in [5.41, 5.74) is 7.45. The first-order valence-corrected chi connectivity index (χ1v) is 16.9. The summed E-state index contributed by atoms with van der Waals surface area (Å²) in [5, 5.41) is 13.8. The summed E-state index contributed by atoms with van der Waals surface area (Å²) in [5.74, 6) is 0.577. The predicted octanol–water partition coefficient (Wildman–Crippen LogP) is 8.61. The maximum Gasteiger partial charge on any atom is 0.343 e. The number of nitrogens with zero attached hydrogens (tertiary/aromatic N) is 5. The Kier molecular flexibility index (Phi) is 9.48. The number of hydrogen-bond acceptors (Lipinski definition) is 7. The van der Waals surface area contributed by atoms with Gasteiger partial charge in [-0.05, 0) is 64.6 Å². The van der Waals surface area contributed by atoms with Gasteiger partial charge in [-0.1, -0.05) is 140 Å². The topological polar surface area (TPSA) is 92.0 Å². The van der Waals surface area contributed by atoms with E-state index in [4.69, 9.17) is 19.8 Å². The highest BCUT2D eigenvalue weighted by Gasteiger charge is 2.42. The molecule has 0 spiro atoms. The van der Waals surface area contributed by atoms with Crippen LogP contribution >= 0.6 is 0 Å². The van der Waals surface area contributed by atoms with E-state index in [1.807, 2.05) is 96.5 Å². The highest BCUT2D eigenvalue weighted by Crippen LogP contribution is 2.43. The normalized spacial score (nSPS) is 11.3. The molecule has 252 valence electrons. The average Bonchev–Trinajstić information content (AvgIpc) is 3.66. The molecule has 0 fully saturated rings. The highest BCUT2D eigenvalue weighted by atomic mass is 16.5. The van der Waals surface area contributed by atoms with Crippen molar-refractivity contribution in [3.8, 4) is 28.3 Å². The van der Waals surface area contributed by atoms with Gasteiger partial charge in [-0.3, -0.25) is 4.98 Å². The fourth-order valence-corrected chi connectivity index (χ4v) is 6.82. The summed E-state index contributed by atoms with van der Waals surface area (Å²) in [6.07, 6.45) is 0. The van der Waals surface area contributed by atoms with E-state index in [0.29, 0.717) is 22.8 Å². The van der Waals surface area contributed by atoms with Gasteiger partial charge in [-0.2, -0.15) is 0 Å². The van der Waals surface area contributed by atoms with Gasteiger partial charge in [0.15, 0.2) is 5.82 Å². The van der Waals surface area contributed by atoms with E-state index in [1.165, 1.54) is 0 Å². The third kappa shape index (κ3) is 6.28. The SMILES string of the molecule is CCOC(=O)c1c(OCc2ccccc2-c2ccccc2-c2nnnn2C(c2ccccc2)(c2ccccc2)c2ccccc2)cc(C)nc1C. The predicted molar refractivity (Wildman–Crippen MR) is 197 cm³/mol. The number of tetrazole rings is 1. The number of aryl methyl sites for hydroxylation is 2. The molecule has 0 aliphatic heterocycles. The lowest BCUT2D eigenvalue weighted by molar-refractivity contribution is 0.0519. The summed E-state index contributed by atoms with van der Waals surface area (Å²) in [6, 6.07) is 49.1. The molecule has 0 unspecified atom stereocenters. The molecule has 8 heteroatoms. The van der Waals surface area contributed by atoms with E-state index in [1.54, 1.807) is 19.9 Å². The Morgan fingerprint density at radius 3 is 1.80 bits per heavy atom. The molecule has 8 nitrogen and oxygen atoms in total. The van der Waals surface area contributed by atoms with Gasteiger partial charge >= 0.3 is 5.97 Å². The van der Waals surface area contributed by atoms with Crippen LogP contribution in [0.25, 0.3) is 22.5 Å². The van der Waals surface area contributed by atoms with Crippen LogP contribution in [-0.4, -0.2) is 37.8 Å². The third-order valence-corrected chi connectivity index (χ3v) is 8.99. The second-order valence-corrected chi connectivity index (χ2v) is 12.2. The van der Waals surface area contributed by atoms with Crippen molar-refractivity contribution in [3.05, 3.63) is 185 Å². The lowest BCUT2D eigenvalue weighted by Gasteiger charge is -2.36. The van der Waals surface area contributed by atoms with Crippen molar-refractivity contribution in [3.63, 3.8) is 0 Å². The van der Waals surface area contributed by atoms with Crippen molar-refractivity contribution in [1.29, 1.82) is 0 Å². The first-order valence-electron chi connectivity index (χ1n) is 16.9. The molecule has 7 rings (SSSR count). The molecule has 0 amide bonds. The molecule has 0 aliphatic rings. The zero-order chi connectivity index (χ0) is 35.2. The van der Waals surface area contributed by atoms with Crippen molar-refractivity contribution in [2.75, 3.05) is 6.61 Å². The van der Waals surface area contributed by atoms with Crippen LogP contribution in [0, 0.1) is 13.8 Å². The van der Waals surface area contributed by atoms with E-state index in [9.17, 15) is 4.79 Å². The molecular weight excluding hydrogens is 635 g/mol. The molecule has 7 aromatic rings. The smallest absolute Gasteiger partial charge is 0.343 e. The molecule has 0 N–H and O–H groups in total. The number of rotatable bonds is 11. The summed E-state index contributed by atoms with van der Waals surface area (Å²) in [6.45, 7) is 5.91. The summed E-state index contributed by atoms with van der Waals surface area (Å²) < 4.78 is 13.7. The number of ether oxygens (including phenoxy) is 2. The van der Waals surface area contributed by atoms with E-state index in [2.05, 4.69) is 64.8 Å². The Labute approximate surface area is 297 Å². The van der Waals surface area contributed by atoms with Crippen LogP contribution in [0.4, 0.5) is 0 Å². The number of carbonyl (C=O) groups excluding carboxylic acids is 1. The quantitative estimate of drug-likeness (QED) is 0.100. The average molecular weight is 672 g/mol. The lowest BCUT2D eigenvalue weighted by atomic mass is 9.77. The van der Waals surface area contributed by atoms with Gasteiger partial charge < -0.3 is 9.47 Å². The zero-order valence-corrected chi connectivity index (χ0v) is 28.7. The van der Waals surface area contributed by atoms with E-state index >= 15 is 0 Å². The molecule has 5 aromatic carbocycles. The van der Waals surface area contributed by atoms with Crippen LogP contribution in [0.15, 0.2) is 146 Å². The van der Waals surface area contributed by atoms with Crippen LogP contribution in [0.2, 0.25) is 0 Å². The van der Waals surface area contributed by atoms with E-state index in [0.717, 1.165) is 44.6 Å². The van der Waals surface area contributed by atoms with Gasteiger partial charge in [0.25, 0.3) is 0 Å². The second kappa shape index (κ2) is 14.6. The standard InChI is InChI=1S/C43H37N5O3/c1-4-50-42(49)40-31(3)44-30(2)28-39(40)51-29-32-18-14-15-25-36(32)37-26-16-17-27-38(37)41-45-46-47-48(41)43(33-19-8-5-9-20-33,34-21-10-6-11-22-34)35-23-12-7-13-24-35/h5-28H,4,29H2,1-3H3. The molecule has 0 atom stereocenters. The summed E-state index contributed by atoms with van der Waals surface area (Å²) in [4.78, 5) is 17.4. The van der Waals surface area contributed by atoms with E-state index < -0.39 is 11.5 Å². The van der Waals surface area contributed by atoms with Crippen LogP contribution in [-0.2, 0) is 16.9 Å². The molecule has 0 bridgehead atoms. The number of aromatic nitrogens is 5. The monoisotopic (exact) mass is 671 g/mol. The molecular formula is C43H37N5O3. The third-order valence-electron chi connectivity index (χ3n) is 8.99. The van der Waals surface area contributed by atoms with Gasteiger partial charge in [0, 0.05) is 17.3 Å². The first kappa shape index (κ1) is 33.1. The Hall–Kier alpha value is -6.41. The fraction of sp³-hybridized carbons (Fsp3) is 0.140. The van der Waals surface area contributed by atoms with Crippen molar-refractivity contribution in [2.45, 2.75) is 32.9 Å². The van der Waals surface area contributed by atoms with Gasteiger partial charge in [0.1, 0.15) is 23.5 Å². The Balaban J connectivity index is 1.38. The van der Waals surface area contributed by atoms with Crippen molar-refractivity contribution in [1.82, 2.24) is 25.2 Å². The zero-order valence-electron chi connectivity index (χ0n) is 28.7. The molecule has 2 heterocycles. The van der Waals surface area contributed by atoms with Gasteiger partial charge in [0.05, 0.1) is 12.3 Å². The maximum absolute atomic E-state index is 12.9. The van der Waals surface area contributed by atoms with Crippen molar-refractivity contribution < 1.29 is 14.3 Å². The minimum atomic E-state index is -0.904. The van der Waals surface area contributed by atoms with Gasteiger partial charge in [-0.15, -0.1) is 5.10 Å². The van der Waals surface area contributed by atoms with Crippen LogP contribution < -0.4 is 4.74 Å². The van der Waals surface area contributed by atoms with Crippen LogP contribution in [0.5, 0.6) is 5.75 Å². The number of benzene rings is 5. The Morgan fingerprint density at radius 2 is 1.22 bits per heavy atom. The van der Waals surface area contributed by atoms with Crippen molar-refractivity contribution >= 4 is 5.97 Å². The van der Waals surface area contributed by atoms with Crippen molar-refractivity contribution in [2.24, 2.45) is 0 Å². The molecule has 0 saturated carbocycles. The number of esters is 1. The Morgan fingerprint density at radius 1 is 0.686 bits per heavy atom. The molecule has 0 aliphatic carbocycles. The van der Waals surface area contributed by atoms with E-state index in [-0.39, 0.29) is 13.2 Å². The first-order chi connectivity index (χ1) is 25.0. The fourth-order valence-electron chi connectivity index (χ4n) is 6.82. The number of hydrogen-bond donors (Lipinski definition) is 0. The van der Waals surface area contributed by atoms with Gasteiger partial charge in [-0.25, -0.2) is 9.48 Å². The molecule has 0 saturated heterocycles. The van der Waals surface area contributed by atoms with Crippen LogP contribution in [0.3, 0.4) is 0 Å². The number of pyridine rings is 1. The molecule has 51 heavy (non-hydrogen) atoms. The minimum absolute atomic E-state index is 0.201. The minimum Gasteiger partial charge on any atom is -0.488 e. The van der Waals surface area contributed by atoms with Crippen LogP contribution in [0.1, 0.15) is 50.9 Å². The van der Waals surface area contributed by atoms with Gasteiger partial charge in [0.2, 0.25) is 0 Å². The number of carbonyl (C=O) groups is 1. The molecule has 2 aromatic heterocycles. The maximum atomic E-state index is 12.9. The summed E-state index contributed by atoms with van der Waals surface area (Å²) in [7, 11) is 0. The largest absolute Gasteiger partial charge is 0.488 e. The Bertz CT molecular complexity index is 2170. The summed E-state index contributed by atoms with van der Waals surface area (Å²) >= 11 is 0. The lowest BCUT2D eigenvalue weighted by Crippen LogP contribution is -2.39.